The Hall–Kier alpha value is -0.610. The predicted octanol–water partition coefficient (Wildman–Crippen LogP) is 1.62. The van der Waals surface area contributed by atoms with Crippen LogP contribution in [0.1, 0.15) is 51.9 Å². The number of carboxylic acids is 1. The van der Waals surface area contributed by atoms with Crippen molar-refractivity contribution >= 4 is 5.97 Å². The molecule has 0 amide bonds. The summed E-state index contributed by atoms with van der Waals surface area (Å²) >= 11 is 0. The molecular formula is C13H23NO3. The Morgan fingerprint density at radius 2 is 1.94 bits per heavy atom. The zero-order valence-electron chi connectivity index (χ0n) is 10.6. The summed E-state index contributed by atoms with van der Waals surface area (Å²) in [6.45, 7) is 2.63. The molecule has 2 aliphatic rings. The number of carboxylic acid groups (broad SMARTS) is 1. The zero-order valence-corrected chi connectivity index (χ0v) is 10.6. The van der Waals surface area contributed by atoms with Gasteiger partial charge in [-0.2, -0.15) is 0 Å². The van der Waals surface area contributed by atoms with Gasteiger partial charge in [-0.3, -0.25) is 9.69 Å². The SMILES string of the molecule is CC1(C(=O)O)CCCCN1C1CCCCC1O. The fourth-order valence-electron chi connectivity index (χ4n) is 3.36. The summed E-state index contributed by atoms with van der Waals surface area (Å²) in [6, 6.07) is 0.0464. The van der Waals surface area contributed by atoms with E-state index in [2.05, 4.69) is 4.90 Å². The maximum absolute atomic E-state index is 11.5. The second-order valence-electron chi connectivity index (χ2n) is 5.65. The van der Waals surface area contributed by atoms with Crippen LogP contribution >= 0.6 is 0 Å². The van der Waals surface area contributed by atoms with Crippen LogP contribution in [-0.4, -0.2) is 45.3 Å². The summed E-state index contributed by atoms with van der Waals surface area (Å²) in [5.74, 6) is -0.741. The Morgan fingerprint density at radius 1 is 1.24 bits per heavy atom. The van der Waals surface area contributed by atoms with Crippen LogP contribution in [0, 0.1) is 0 Å². The Kier molecular flexibility index (Phi) is 3.73. The molecule has 0 aromatic rings. The van der Waals surface area contributed by atoms with Crippen LogP contribution in [0.25, 0.3) is 0 Å². The van der Waals surface area contributed by atoms with Gasteiger partial charge in [0.25, 0.3) is 0 Å². The van der Waals surface area contributed by atoms with E-state index in [1.54, 1.807) is 0 Å². The zero-order chi connectivity index (χ0) is 12.5. The number of nitrogens with zero attached hydrogens (tertiary/aromatic N) is 1. The van der Waals surface area contributed by atoms with Crippen LogP contribution < -0.4 is 0 Å². The molecule has 2 fully saturated rings. The van der Waals surface area contributed by atoms with E-state index in [1.807, 2.05) is 6.92 Å². The summed E-state index contributed by atoms with van der Waals surface area (Å²) < 4.78 is 0. The third kappa shape index (κ3) is 2.33. The Bertz CT molecular complexity index is 294. The molecule has 1 aliphatic heterocycles. The highest BCUT2D eigenvalue weighted by atomic mass is 16.4. The third-order valence-corrected chi connectivity index (χ3v) is 4.50. The molecule has 0 radical (unpaired) electrons. The van der Waals surface area contributed by atoms with E-state index in [0.29, 0.717) is 6.42 Å². The van der Waals surface area contributed by atoms with E-state index in [-0.39, 0.29) is 12.1 Å². The van der Waals surface area contributed by atoms with E-state index in [4.69, 9.17) is 0 Å². The lowest BCUT2D eigenvalue weighted by atomic mass is 9.82. The van der Waals surface area contributed by atoms with Gasteiger partial charge < -0.3 is 10.2 Å². The van der Waals surface area contributed by atoms with Crippen molar-refractivity contribution < 1.29 is 15.0 Å². The molecule has 3 atom stereocenters. The van der Waals surface area contributed by atoms with Crippen molar-refractivity contribution in [1.82, 2.24) is 4.90 Å². The van der Waals surface area contributed by atoms with Gasteiger partial charge in [0.2, 0.25) is 0 Å². The second kappa shape index (κ2) is 4.94. The quantitative estimate of drug-likeness (QED) is 0.771. The van der Waals surface area contributed by atoms with Crippen molar-refractivity contribution in [3.63, 3.8) is 0 Å². The summed E-state index contributed by atoms with van der Waals surface area (Å²) in [6.07, 6.45) is 6.30. The summed E-state index contributed by atoms with van der Waals surface area (Å²) in [5.41, 5.74) is -0.777. The molecule has 0 spiro atoms. The average Bonchev–Trinajstić information content (AvgIpc) is 2.31. The second-order valence-corrected chi connectivity index (χ2v) is 5.65. The van der Waals surface area contributed by atoms with Crippen molar-refractivity contribution in [1.29, 1.82) is 0 Å². The highest BCUT2D eigenvalue weighted by Gasteiger charge is 2.46. The lowest BCUT2D eigenvalue weighted by Gasteiger charge is -2.48. The molecule has 1 heterocycles. The van der Waals surface area contributed by atoms with Crippen molar-refractivity contribution in [2.24, 2.45) is 0 Å². The van der Waals surface area contributed by atoms with Gasteiger partial charge in [0.15, 0.2) is 0 Å². The molecule has 0 aromatic heterocycles. The molecule has 1 saturated heterocycles. The molecule has 4 nitrogen and oxygen atoms in total. The number of aliphatic hydroxyl groups excluding tert-OH is 1. The van der Waals surface area contributed by atoms with Crippen LogP contribution in [0.5, 0.6) is 0 Å². The average molecular weight is 241 g/mol. The first-order valence-electron chi connectivity index (χ1n) is 6.74. The first-order valence-corrected chi connectivity index (χ1v) is 6.74. The van der Waals surface area contributed by atoms with Gasteiger partial charge >= 0.3 is 5.97 Å². The van der Waals surface area contributed by atoms with Gasteiger partial charge in [-0.15, -0.1) is 0 Å². The Labute approximate surface area is 103 Å². The monoisotopic (exact) mass is 241 g/mol. The number of likely N-dealkylation sites (tertiary alicyclic amines) is 1. The number of hydrogen-bond donors (Lipinski definition) is 2. The number of aliphatic carboxylic acids is 1. The largest absolute Gasteiger partial charge is 0.480 e. The maximum Gasteiger partial charge on any atom is 0.323 e. The predicted molar refractivity (Wildman–Crippen MR) is 64.9 cm³/mol. The van der Waals surface area contributed by atoms with E-state index in [1.165, 1.54) is 0 Å². The topological polar surface area (TPSA) is 60.8 Å². The molecule has 0 aromatic carbocycles. The van der Waals surface area contributed by atoms with Crippen molar-refractivity contribution in [3.05, 3.63) is 0 Å². The lowest BCUT2D eigenvalue weighted by molar-refractivity contribution is -0.158. The summed E-state index contributed by atoms with van der Waals surface area (Å²) in [4.78, 5) is 13.6. The van der Waals surface area contributed by atoms with Gasteiger partial charge in [-0.1, -0.05) is 12.8 Å². The van der Waals surface area contributed by atoms with Crippen molar-refractivity contribution in [3.8, 4) is 0 Å². The molecule has 2 N–H and O–H groups in total. The van der Waals surface area contributed by atoms with Gasteiger partial charge in [-0.05, 0) is 45.6 Å². The van der Waals surface area contributed by atoms with Crippen LogP contribution in [0.3, 0.4) is 0 Å². The van der Waals surface area contributed by atoms with Crippen LogP contribution in [0.15, 0.2) is 0 Å². The smallest absolute Gasteiger partial charge is 0.323 e. The normalized spacial score (nSPS) is 40.1. The molecule has 3 unspecified atom stereocenters. The third-order valence-electron chi connectivity index (χ3n) is 4.50. The standard InChI is InChI=1S/C13H23NO3/c1-13(12(16)17)8-4-5-9-14(13)10-6-2-3-7-11(10)15/h10-11,15H,2-9H2,1H3,(H,16,17). The molecular weight excluding hydrogens is 218 g/mol. The molecule has 4 heteroatoms. The number of carbonyl (C=O) groups is 1. The summed E-state index contributed by atoms with van der Waals surface area (Å²) in [5, 5.41) is 19.6. The number of piperidine rings is 1. The first-order chi connectivity index (χ1) is 8.05. The molecule has 0 bridgehead atoms. The van der Waals surface area contributed by atoms with Crippen LogP contribution in [0.4, 0.5) is 0 Å². The molecule has 2 rings (SSSR count). The summed E-state index contributed by atoms with van der Waals surface area (Å²) in [7, 11) is 0. The lowest BCUT2D eigenvalue weighted by Crippen LogP contribution is -2.62. The fourth-order valence-corrected chi connectivity index (χ4v) is 3.36. The van der Waals surface area contributed by atoms with Gasteiger partial charge in [0.05, 0.1) is 6.10 Å². The van der Waals surface area contributed by atoms with Gasteiger partial charge in [0.1, 0.15) is 5.54 Å². The fraction of sp³-hybridized carbons (Fsp3) is 0.923. The van der Waals surface area contributed by atoms with Gasteiger partial charge in [0, 0.05) is 6.04 Å². The number of hydrogen-bond acceptors (Lipinski definition) is 3. The maximum atomic E-state index is 11.5. The highest BCUT2D eigenvalue weighted by Crippen LogP contribution is 2.35. The Balaban J connectivity index is 2.18. The van der Waals surface area contributed by atoms with E-state index in [0.717, 1.165) is 45.1 Å². The number of rotatable bonds is 2. The van der Waals surface area contributed by atoms with Crippen LogP contribution in [-0.2, 0) is 4.79 Å². The molecule has 1 saturated carbocycles. The van der Waals surface area contributed by atoms with Crippen molar-refractivity contribution in [2.45, 2.75) is 69.6 Å². The highest BCUT2D eigenvalue weighted by molar-refractivity contribution is 5.78. The molecule has 1 aliphatic carbocycles. The van der Waals surface area contributed by atoms with E-state index < -0.39 is 11.5 Å². The minimum atomic E-state index is -0.777. The van der Waals surface area contributed by atoms with E-state index >= 15 is 0 Å². The Morgan fingerprint density at radius 3 is 2.59 bits per heavy atom. The van der Waals surface area contributed by atoms with Crippen LogP contribution in [0.2, 0.25) is 0 Å². The van der Waals surface area contributed by atoms with Gasteiger partial charge in [-0.25, -0.2) is 0 Å². The minimum Gasteiger partial charge on any atom is -0.480 e. The minimum absolute atomic E-state index is 0.0464. The molecule has 17 heavy (non-hydrogen) atoms. The van der Waals surface area contributed by atoms with Crippen molar-refractivity contribution in [2.75, 3.05) is 6.54 Å². The first kappa shape index (κ1) is 12.8. The number of aliphatic hydroxyl groups is 1. The van der Waals surface area contributed by atoms with E-state index in [9.17, 15) is 15.0 Å². The molecule has 98 valence electrons.